The molecule has 0 radical (unpaired) electrons. The largest absolute Gasteiger partial charge is 0.507 e. The van der Waals surface area contributed by atoms with Crippen LogP contribution in [0.15, 0.2) is 24.3 Å². The Morgan fingerprint density at radius 1 is 0.600 bits per heavy atom. The minimum atomic E-state index is -0.430. The van der Waals surface area contributed by atoms with Crippen LogP contribution in [0, 0.1) is 0 Å². The fourth-order valence-corrected chi connectivity index (χ4v) is 3.90. The second-order valence-corrected chi connectivity index (χ2v) is 9.97. The first-order chi connectivity index (χ1) is 13.7. The highest BCUT2D eigenvalue weighted by Crippen LogP contribution is 2.50. The van der Waals surface area contributed by atoms with Crippen LogP contribution in [0.5, 0.6) is 23.0 Å². The molecule has 4 N–H and O–H groups in total. The summed E-state index contributed by atoms with van der Waals surface area (Å²) in [5.74, 6) is -0.765. The van der Waals surface area contributed by atoms with Crippen LogP contribution < -0.4 is 10.4 Å². The van der Waals surface area contributed by atoms with Crippen molar-refractivity contribution in [2.45, 2.75) is 52.4 Å². The van der Waals surface area contributed by atoms with Crippen LogP contribution in [-0.2, 0) is 10.8 Å². The number of hydrogen-bond acceptors (Lipinski definition) is 4. The summed E-state index contributed by atoms with van der Waals surface area (Å²) in [6.07, 6.45) is 0. The summed E-state index contributed by atoms with van der Waals surface area (Å²) in [5, 5.41) is 45.4. The number of fused-ring (bicyclic) bond motifs is 1. The van der Waals surface area contributed by atoms with Crippen molar-refractivity contribution in [3.8, 4) is 34.1 Å². The Balaban J connectivity index is 2.55. The number of benzene rings is 3. The first-order valence-electron chi connectivity index (χ1n) is 9.92. The first kappa shape index (κ1) is 21.6. The Hall–Kier alpha value is -3.14. The molecule has 0 aromatic heterocycles. The van der Waals surface area contributed by atoms with Gasteiger partial charge in [-0.15, -0.1) is 0 Å². The lowest BCUT2D eigenvalue weighted by Gasteiger charge is -2.28. The van der Waals surface area contributed by atoms with Crippen LogP contribution in [-0.4, -0.2) is 20.4 Å². The molecule has 0 saturated heterocycles. The molecule has 3 aromatic rings. The Morgan fingerprint density at radius 3 is 1.40 bits per heavy atom. The molecule has 0 aliphatic heterocycles. The van der Waals surface area contributed by atoms with E-state index in [9.17, 15) is 20.4 Å². The lowest BCUT2D eigenvalue weighted by atomic mass is 9.77. The molecule has 158 valence electrons. The molecule has 0 bridgehead atoms. The molecule has 0 spiro atoms. The molecule has 0 heterocycles. The van der Waals surface area contributed by atoms with E-state index < -0.39 is 5.75 Å². The van der Waals surface area contributed by atoms with Crippen molar-refractivity contribution in [2.24, 2.45) is 0 Å². The highest BCUT2D eigenvalue weighted by atomic mass is 16.3. The molecular formula is C26H30O4. The monoisotopic (exact) mass is 406 g/mol. The van der Waals surface area contributed by atoms with Gasteiger partial charge in [-0.1, -0.05) is 66.8 Å². The quantitative estimate of drug-likeness (QED) is 0.347. The van der Waals surface area contributed by atoms with Crippen molar-refractivity contribution in [3.05, 3.63) is 45.8 Å². The van der Waals surface area contributed by atoms with Gasteiger partial charge in [0, 0.05) is 21.9 Å². The molecule has 0 amide bonds. The summed E-state index contributed by atoms with van der Waals surface area (Å²) in [7, 11) is 0. The van der Waals surface area contributed by atoms with Gasteiger partial charge in [-0.3, -0.25) is 0 Å². The van der Waals surface area contributed by atoms with Crippen LogP contribution in [0.25, 0.3) is 35.1 Å². The van der Waals surface area contributed by atoms with E-state index in [2.05, 4.69) is 13.2 Å². The third-order valence-electron chi connectivity index (χ3n) is 5.56. The van der Waals surface area contributed by atoms with Crippen molar-refractivity contribution in [2.75, 3.05) is 0 Å². The number of aromatic hydroxyl groups is 4. The van der Waals surface area contributed by atoms with E-state index in [4.69, 9.17) is 0 Å². The highest BCUT2D eigenvalue weighted by Gasteiger charge is 2.29. The average Bonchev–Trinajstić information content (AvgIpc) is 2.60. The molecule has 0 unspecified atom stereocenters. The van der Waals surface area contributed by atoms with Crippen LogP contribution in [0.4, 0.5) is 0 Å². The van der Waals surface area contributed by atoms with Crippen molar-refractivity contribution in [1.29, 1.82) is 0 Å². The van der Waals surface area contributed by atoms with Crippen molar-refractivity contribution in [1.82, 2.24) is 0 Å². The first-order valence-corrected chi connectivity index (χ1v) is 9.92. The van der Waals surface area contributed by atoms with Gasteiger partial charge in [0.1, 0.15) is 11.5 Å². The van der Waals surface area contributed by atoms with E-state index in [1.165, 1.54) is 0 Å². The SMILES string of the molecule is C=c1ccc(=C)c2c(O)c(-c3cc(C(C)(C)C)c(O)c(C(C)(C)C)c3)c(O)c(O)c12. The zero-order chi connectivity index (χ0) is 22.8. The molecule has 4 nitrogen and oxygen atoms in total. The lowest BCUT2D eigenvalue weighted by Crippen LogP contribution is -2.17. The van der Waals surface area contributed by atoms with E-state index in [1.54, 1.807) is 24.3 Å². The van der Waals surface area contributed by atoms with Crippen LogP contribution >= 0.6 is 0 Å². The third-order valence-corrected chi connectivity index (χ3v) is 5.56. The molecule has 4 heteroatoms. The van der Waals surface area contributed by atoms with Gasteiger partial charge in [-0.25, -0.2) is 0 Å². The van der Waals surface area contributed by atoms with Gasteiger partial charge in [0.05, 0.1) is 5.56 Å². The second kappa shape index (κ2) is 6.69. The van der Waals surface area contributed by atoms with Gasteiger partial charge in [-0.05, 0) is 39.0 Å². The van der Waals surface area contributed by atoms with E-state index in [1.807, 2.05) is 41.5 Å². The normalized spacial score (nSPS) is 12.5. The summed E-state index contributed by atoms with van der Waals surface area (Å²) in [6.45, 7) is 19.8. The molecule has 30 heavy (non-hydrogen) atoms. The molecule has 3 aromatic carbocycles. The van der Waals surface area contributed by atoms with E-state index in [-0.39, 0.29) is 39.0 Å². The fraction of sp³-hybridized carbons (Fsp3) is 0.308. The average molecular weight is 407 g/mol. The van der Waals surface area contributed by atoms with E-state index in [0.717, 1.165) is 0 Å². The smallest absolute Gasteiger partial charge is 0.169 e. The fourth-order valence-electron chi connectivity index (χ4n) is 3.90. The van der Waals surface area contributed by atoms with Crippen LogP contribution in [0.2, 0.25) is 0 Å². The Labute approximate surface area is 177 Å². The standard InChI is InChI=1S/C26H30O4/c1-13-9-10-14(2)19-18(13)22(28)20(24(30)23(19)29)15-11-16(25(3,4)5)21(27)17(12-15)26(6,7)8/h9-12,27-30H,1-2H2,3-8H3. The topological polar surface area (TPSA) is 80.9 Å². The minimum absolute atomic E-state index is 0.103. The Bertz CT molecular complexity index is 1240. The zero-order valence-corrected chi connectivity index (χ0v) is 18.5. The van der Waals surface area contributed by atoms with Gasteiger partial charge < -0.3 is 20.4 Å². The van der Waals surface area contributed by atoms with Crippen molar-refractivity contribution in [3.63, 3.8) is 0 Å². The van der Waals surface area contributed by atoms with Gasteiger partial charge >= 0.3 is 0 Å². The molecule has 0 aliphatic rings. The Kier molecular flexibility index (Phi) is 4.81. The van der Waals surface area contributed by atoms with Crippen LogP contribution in [0.1, 0.15) is 52.7 Å². The predicted octanol–water partition coefficient (Wildman–Crippen LogP) is 4.74. The number of phenols is 4. The number of rotatable bonds is 1. The lowest BCUT2D eigenvalue weighted by molar-refractivity contribution is 0.404. The number of hydrogen-bond donors (Lipinski definition) is 4. The molecular weight excluding hydrogens is 376 g/mol. The summed E-state index contributed by atoms with van der Waals surface area (Å²) in [4.78, 5) is 0. The van der Waals surface area contributed by atoms with Gasteiger partial charge in [0.2, 0.25) is 0 Å². The van der Waals surface area contributed by atoms with Gasteiger partial charge in [0.25, 0.3) is 0 Å². The maximum Gasteiger partial charge on any atom is 0.169 e. The van der Waals surface area contributed by atoms with Crippen LogP contribution in [0.3, 0.4) is 0 Å². The highest BCUT2D eigenvalue weighted by molar-refractivity contribution is 6.03. The van der Waals surface area contributed by atoms with E-state index >= 15 is 0 Å². The zero-order valence-electron chi connectivity index (χ0n) is 18.5. The molecule has 0 aliphatic carbocycles. The maximum absolute atomic E-state index is 11.2. The molecule has 0 fully saturated rings. The third kappa shape index (κ3) is 3.26. The van der Waals surface area contributed by atoms with Gasteiger partial charge in [-0.2, -0.15) is 0 Å². The van der Waals surface area contributed by atoms with E-state index in [0.29, 0.717) is 32.5 Å². The van der Waals surface area contributed by atoms with Gasteiger partial charge in [0.15, 0.2) is 11.5 Å². The molecule has 0 atom stereocenters. The van der Waals surface area contributed by atoms with Crippen molar-refractivity contribution >= 4 is 23.9 Å². The number of phenolic OH excluding ortho intramolecular Hbond substituents is 4. The maximum atomic E-state index is 11.2. The summed E-state index contributed by atoms with van der Waals surface area (Å²) >= 11 is 0. The summed E-state index contributed by atoms with van der Waals surface area (Å²) < 4.78 is 0. The second-order valence-electron chi connectivity index (χ2n) is 9.97. The summed E-state index contributed by atoms with van der Waals surface area (Å²) in [5.41, 5.74) is 1.20. The molecule has 3 rings (SSSR count). The van der Waals surface area contributed by atoms with Crippen molar-refractivity contribution < 1.29 is 20.4 Å². The summed E-state index contributed by atoms with van der Waals surface area (Å²) in [6, 6.07) is 6.89. The molecule has 0 saturated carbocycles. The minimum Gasteiger partial charge on any atom is -0.507 e. The Morgan fingerprint density at radius 2 is 1.00 bits per heavy atom. The predicted molar refractivity (Wildman–Crippen MR) is 124 cm³/mol.